The number of rotatable bonds is 11. The zero-order chi connectivity index (χ0) is 30.4. The number of nitro benzene ring substituents is 2. The second kappa shape index (κ2) is 13.2. The van der Waals surface area contributed by atoms with Crippen LogP contribution in [0.2, 0.25) is 0 Å². The van der Waals surface area contributed by atoms with Crippen LogP contribution in [0.1, 0.15) is 45.1 Å². The van der Waals surface area contributed by atoms with Crippen LogP contribution in [0.15, 0.2) is 46.4 Å². The summed E-state index contributed by atoms with van der Waals surface area (Å²) in [6, 6.07) is 7.90. The van der Waals surface area contributed by atoms with Crippen molar-refractivity contribution in [2.24, 2.45) is 11.0 Å². The smallest absolute Gasteiger partial charge is 0.270 e. The Bertz CT molecular complexity index is 1470. The summed E-state index contributed by atoms with van der Waals surface area (Å²) < 4.78 is 28.9. The molecule has 1 atom stereocenters. The van der Waals surface area contributed by atoms with Gasteiger partial charge in [-0.2, -0.15) is 9.41 Å². The molecule has 2 aromatic carbocycles. The predicted octanol–water partition coefficient (Wildman–Crippen LogP) is 3.82. The maximum absolute atomic E-state index is 13.8. The number of amides is 1. The third kappa shape index (κ3) is 6.68. The number of hydrazone groups is 1. The Hall–Kier alpha value is -4.11. The van der Waals surface area contributed by atoms with Crippen molar-refractivity contribution >= 4 is 44.9 Å². The first-order valence-electron chi connectivity index (χ1n) is 14.0. The summed E-state index contributed by atoms with van der Waals surface area (Å²) in [5.41, 5.74) is 3.40. The molecule has 15 heteroatoms. The Morgan fingerprint density at radius 1 is 1.02 bits per heavy atom. The summed E-state index contributed by atoms with van der Waals surface area (Å²) >= 11 is 0. The molecule has 0 radical (unpaired) electrons. The van der Waals surface area contributed by atoms with Crippen molar-refractivity contribution in [3.63, 3.8) is 0 Å². The van der Waals surface area contributed by atoms with Crippen LogP contribution in [0.3, 0.4) is 0 Å². The Kier molecular flexibility index (Phi) is 9.73. The summed E-state index contributed by atoms with van der Waals surface area (Å²) in [5, 5.41) is 27.1. The molecule has 42 heavy (non-hydrogen) atoms. The first-order valence-corrected chi connectivity index (χ1v) is 15.4. The minimum absolute atomic E-state index is 0.00203. The van der Waals surface area contributed by atoms with Crippen molar-refractivity contribution in [1.29, 1.82) is 0 Å². The zero-order valence-corrected chi connectivity index (χ0v) is 24.5. The molecule has 0 aromatic heterocycles. The topological polar surface area (TPSA) is 172 Å². The van der Waals surface area contributed by atoms with E-state index in [2.05, 4.69) is 15.4 Å². The average Bonchev–Trinajstić information content (AvgIpc) is 3.52. The summed E-state index contributed by atoms with van der Waals surface area (Å²) in [6.07, 6.45) is 4.38. The molecule has 2 aromatic rings. The number of hydrogen-bond acceptors (Lipinski definition) is 10. The van der Waals surface area contributed by atoms with E-state index >= 15 is 0 Å². The van der Waals surface area contributed by atoms with Crippen molar-refractivity contribution in [3.05, 3.63) is 62.2 Å². The van der Waals surface area contributed by atoms with Gasteiger partial charge in [-0.05, 0) is 51.7 Å². The minimum Gasteiger partial charge on any atom is -0.371 e. The van der Waals surface area contributed by atoms with Gasteiger partial charge in [0.2, 0.25) is 15.9 Å². The molecule has 0 saturated carbocycles. The second-order valence-electron chi connectivity index (χ2n) is 10.2. The molecule has 2 saturated heterocycles. The molecule has 2 aliphatic heterocycles. The quantitative estimate of drug-likeness (QED) is 0.228. The molecule has 2 heterocycles. The molecule has 4 rings (SSSR count). The molecule has 2 aliphatic rings. The zero-order valence-electron chi connectivity index (χ0n) is 23.6. The molecule has 0 spiro atoms. The number of carbonyl (C=O) groups is 1. The van der Waals surface area contributed by atoms with Gasteiger partial charge in [0.25, 0.3) is 11.4 Å². The summed E-state index contributed by atoms with van der Waals surface area (Å²) in [7, 11) is -4.26. The lowest BCUT2D eigenvalue weighted by molar-refractivity contribution is -0.385. The third-order valence-electron chi connectivity index (χ3n) is 7.66. The highest BCUT2D eigenvalue weighted by molar-refractivity contribution is 7.89. The van der Waals surface area contributed by atoms with E-state index in [4.69, 9.17) is 0 Å². The Morgan fingerprint density at radius 3 is 2.31 bits per heavy atom. The van der Waals surface area contributed by atoms with Crippen molar-refractivity contribution in [1.82, 2.24) is 9.21 Å². The standard InChI is InChI=1S/C27H35N7O7S/c1-3-30(4-2)27(35)20-8-7-15-32(19-20)42(40,41)26-17-23(34(38)39)9-11-24(26)29-28-18-21-16-22(33(36)37)10-12-25(21)31-13-5-6-14-31/h9-12,16-18,20,29H,3-8,13-15,19H2,1-2H3/b28-18-/t20-/m0/s1. The summed E-state index contributed by atoms with van der Waals surface area (Å²) in [6.45, 7) is 6.48. The number of nitrogens with one attached hydrogen (secondary N) is 1. The highest BCUT2D eigenvalue weighted by atomic mass is 32.2. The van der Waals surface area contributed by atoms with Crippen LogP contribution in [0.4, 0.5) is 22.7 Å². The molecular weight excluding hydrogens is 566 g/mol. The van der Waals surface area contributed by atoms with E-state index in [1.54, 1.807) is 11.0 Å². The van der Waals surface area contributed by atoms with Crippen molar-refractivity contribution < 1.29 is 23.1 Å². The van der Waals surface area contributed by atoms with E-state index in [0.29, 0.717) is 31.5 Å². The fraction of sp³-hybridized carbons (Fsp3) is 0.481. The molecular formula is C27H35N7O7S. The second-order valence-corrected chi connectivity index (χ2v) is 12.1. The number of nitro groups is 2. The lowest BCUT2D eigenvalue weighted by Gasteiger charge is -2.34. The van der Waals surface area contributed by atoms with Gasteiger partial charge in [-0.1, -0.05) is 0 Å². The monoisotopic (exact) mass is 601 g/mol. The Balaban J connectivity index is 1.65. The van der Waals surface area contributed by atoms with Gasteiger partial charge in [-0.25, -0.2) is 8.42 Å². The number of hydrogen-bond donors (Lipinski definition) is 1. The van der Waals surface area contributed by atoms with E-state index in [0.717, 1.165) is 37.7 Å². The van der Waals surface area contributed by atoms with E-state index in [-0.39, 0.29) is 35.3 Å². The first-order chi connectivity index (χ1) is 20.1. The van der Waals surface area contributed by atoms with Crippen LogP contribution in [-0.2, 0) is 14.8 Å². The van der Waals surface area contributed by atoms with Crippen LogP contribution in [0.25, 0.3) is 0 Å². The van der Waals surface area contributed by atoms with E-state index < -0.39 is 31.5 Å². The molecule has 2 fully saturated rings. The highest BCUT2D eigenvalue weighted by Gasteiger charge is 2.36. The van der Waals surface area contributed by atoms with Crippen LogP contribution in [0.5, 0.6) is 0 Å². The van der Waals surface area contributed by atoms with Gasteiger partial charge < -0.3 is 9.80 Å². The molecule has 1 N–H and O–H groups in total. The fourth-order valence-corrected chi connectivity index (χ4v) is 7.09. The summed E-state index contributed by atoms with van der Waals surface area (Å²) in [4.78, 5) is 38.1. The normalized spacial score (nSPS) is 17.9. The van der Waals surface area contributed by atoms with Crippen molar-refractivity contribution in [2.75, 3.05) is 49.6 Å². The van der Waals surface area contributed by atoms with Crippen LogP contribution >= 0.6 is 0 Å². The van der Waals surface area contributed by atoms with Crippen LogP contribution in [-0.4, -0.2) is 78.9 Å². The lowest BCUT2D eigenvalue weighted by Crippen LogP contribution is -2.46. The first kappa shape index (κ1) is 30.8. The Morgan fingerprint density at radius 2 is 1.67 bits per heavy atom. The predicted molar refractivity (Wildman–Crippen MR) is 158 cm³/mol. The Labute approximate surface area is 244 Å². The highest BCUT2D eigenvalue weighted by Crippen LogP contribution is 2.32. The SMILES string of the molecule is CCN(CC)C(=O)[C@H]1CCCN(S(=O)(=O)c2cc([N+](=O)[O-])ccc2N/N=C\c2cc([N+](=O)[O-])ccc2N2CCCC2)C1. The van der Waals surface area contributed by atoms with E-state index in [1.807, 2.05) is 13.8 Å². The van der Waals surface area contributed by atoms with Gasteiger partial charge in [-0.3, -0.25) is 30.4 Å². The molecule has 0 aliphatic carbocycles. The third-order valence-corrected chi connectivity index (χ3v) is 9.56. The molecule has 0 unspecified atom stereocenters. The number of carbonyl (C=O) groups excluding carboxylic acids is 1. The number of anilines is 2. The van der Waals surface area contributed by atoms with Crippen LogP contribution in [0, 0.1) is 26.1 Å². The van der Waals surface area contributed by atoms with Gasteiger partial charge >= 0.3 is 0 Å². The molecule has 1 amide bonds. The largest absolute Gasteiger partial charge is 0.371 e. The van der Waals surface area contributed by atoms with Gasteiger partial charge in [-0.15, -0.1) is 0 Å². The molecule has 226 valence electrons. The number of benzene rings is 2. The van der Waals surface area contributed by atoms with E-state index in [1.165, 1.54) is 34.8 Å². The average molecular weight is 602 g/mol. The number of non-ortho nitro benzene ring substituents is 2. The van der Waals surface area contributed by atoms with Gasteiger partial charge in [0.15, 0.2) is 0 Å². The molecule has 14 nitrogen and oxygen atoms in total. The van der Waals surface area contributed by atoms with Gasteiger partial charge in [0.1, 0.15) is 4.90 Å². The van der Waals surface area contributed by atoms with Gasteiger partial charge in [0, 0.05) is 74.8 Å². The van der Waals surface area contributed by atoms with Crippen LogP contribution < -0.4 is 10.3 Å². The molecule has 0 bridgehead atoms. The van der Waals surface area contributed by atoms with Crippen molar-refractivity contribution in [3.8, 4) is 0 Å². The lowest BCUT2D eigenvalue weighted by atomic mass is 9.98. The number of piperidine rings is 1. The maximum atomic E-state index is 13.8. The minimum atomic E-state index is -4.26. The van der Waals surface area contributed by atoms with Gasteiger partial charge in [0.05, 0.1) is 27.7 Å². The van der Waals surface area contributed by atoms with E-state index in [9.17, 15) is 33.4 Å². The number of nitrogens with zero attached hydrogens (tertiary/aromatic N) is 6. The fourth-order valence-electron chi connectivity index (χ4n) is 5.40. The van der Waals surface area contributed by atoms with Crippen molar-refractivity contribution in [2.45, 2.75) is 44.4 Å². The summed E-state index contributed by atoms with van der Waals surface area (Å²) in [5.74, 6) is -0.632. The maximum Gasteiger partial charge on any atom is 0.270 e. The number of sulfonamides is 1.